The van der Waals surface area contributed by atoms with Crippen molar-refractivity contribution in [1.29, 1.82) is 0 Å². The molecule has 0 spiro atoms. The number of benzene rings is 2. The third-order valence-electron chi connectivity index (χ3n) is 3.07. The molecule has 2 aromatic rings. The molecule has 0 radical (unpaired) electrons. The van der Waals surface area contributed by atoms with Gasteiger partial charge in [-0.1, -0.05) is 66.8 Å². The number of hydrogen-bond donors (Lipinski definition) is 1. The van der Waals surface area contributed by atoms with Crippen LogP contribution in [0.2, 0.25) is 13.1 Å². The molecule has 0 aliphatic rings. The largest absolute Gasteiger partial charge is 0.144 e. The molecule has 0 unspecified atom stereocenters. The van der Waals surface area contributed by atoms with Gasteiger partial charge >= 0.3 is 0 Å². The lowest BCUT2D eigenvalue weighted by atomic mass is 10.4. The summed E-state index contributed by atoms with van der Waals surface area (Å²) in [6.07, 6.45) is 0. The minimum atomic E-state index is -1.58. The van der Waals surface area contributed by atoms with Crippen LogP contribution in [0.15, 0.2) is 59.5 Å². The van der Waals surface area contributed by atoms with Crippen LogP contribution in [-0.2, 0) is 0 Å². The predicted molar refractivity (Wildman–Crippen MR) is 76.9 cm³/mol. The minimum absolute atomic E-state index is 1.11. The molecule has 0 N–H and O–H groups in total. The highest BCUT2D eigenvalue weighted by Gasteiger charge is 2.27. The fraction of sp³-hybridized carbons (Fsp3) is 0.143. The smallest absolute Gasteiger partial charge is 0.113 e. The molecule has 0 amide bonds. The summed E-state index contributed by atoms with van der Waals surface area (Å²) < 4.78 is 0. The zero-order chi connectivity index (χ0) is 11.6. The average molecular weight is 244 g/mol. The van der Waals surface area contributed by atoms with E-state index in [2.05, 4.69) is 74.3 Å². The zero-order valence-corrected chi connectivity index (χ0v) is 11.5. The van der Waals surface area contributed by atoms with Crippen molar-refractivity contribution >= 4 is 31.1 Å². The molecule has 0 saturated heterocycles. The molecular weight excluding hydrogens is 228 g/mol. The summed E-state index contributed by atoms with van der Waals surface area (Å²) in [4.78, 5) is 1.11. The summed E-state index contributed by atoms with van der Waals surface area (Å²) in [6, 6.07) is 19.2. The first kappa shape index (κ1) is 11.5. The number of hydrogen-bond acceptors (Lipinski definition) is 1. The fourth-order valence-corrected chi connectivity index (χ4v) is 5.58. The maximum Gasteiger partial charge on any atom is 0.113 e. The Balaban J connectivity index is 2.51. The van der Waals surface area contributed by atoms with Crippen molar-refractivity contribution in [2.75, 3.05) is 0 Å². The lowest BCUT2D eigenvalue weighted by molar-refractivity contribution is 1.51. The second-order valence-electron chi connectivity index (χ2n) is 4.51. The van der Waals surface area contributed by atoms with Gasteiger partial charge in [-0.15, -0.1) is 12.6 Å². The van der Waals surface area contributed by atoms with E-state index in [-0.39, 0.29) is 0 Å². The number of rotatable bonds is 2. The first-order valence-electron chi connectivity index (χ1n) is 5.46. The van der Waals surface area contributed by atoms with E-state index in [1.807, 2.05) is 6.07 Å². The predicted octanol–water partition coefficient (Wildman–Crippen LogP) is 2.80. The lowest BCUT2D eigenvalue weighted by Gasteiger charge is -2.25. The normalized spacial score (nSPS) is 11.4. The van der Waals surface area contributed by atoms with E-state index in [0.717, 1.165) is 4.90 Å². The van der Waals surface area contributed by atoms with Crippen LogP contribution in [0.4, 0.5) is 0 Å². The van der Waals surface area contributed by atoms with Gasteiger partial charge in [-0.3, -0.25) is 0 Å². The summed E-state index contributed by atoms with van der Waals surface area (Å²) in [5, 5.41) is 2.86. The fourth-order valence-electron chi connectivity index (χ4n) is 2.01. The van der Waals surface area contributed by atoms with Crippen molar-refractivity contribution in [2.45, 2.75) is 18.0 Å². The Morgan fingerprint density at radius 2 is 1.38 bits per heavy atom. The van der Waals surface area contributed by atoms with Gasteiger partial charge in [0.2, 0.25) is 0 Å². The van der Waals surface area contributed by atoms with Gasteiger partial charge in [-0.25, -0.2) is 0 Å². The Morgan fingerprint density at radius 3 is 2.00 bits per heavy atom. The molecule has 2 rings (SSSR count). The van der Waals surface area contributed by atoms with E-state index in [1.165, 1.54) is 10.4 Å². The molecule has 0 aliphatic heterocycles. The van der Waals surface area contributed by atoms with Gasteiger partial charge in [-0.2, -0.15) is 0 Å². The third-order valence-corrected chi connectivity index (χ3v) is 7.23. The van der Waals surface area contributed by atoms with Crippen LogP contribution in [0.1, 0.15) is 0 Å². The molecule has 0 fully saturated rings. The average Bonchev–Trinajstić information content (AvgIpc) is 2.30. The van der Waals surface area contributed by atoms with Crippen molar-refractivity contribution < 1.29 is 0 Å². The highest BCUT2D eigenvalue weighted by Crippen LogP contribution is 2.11. The molecule has 2 heteroatoms. The van der Waals surface area contributed by atoms with Gasteiger partial charge in [0.05, 0.1) is 0 Å². The maximum absolute atomic E-state index is 4.58. The topological polar surface area (TPSA) is 0 Å². The van der Waals surface area contributed by atoms with Crippen LogP contribution >= 0.6 is 12.6 Å². The molecule has 0 nitrogen and oxygen atoms in total. The van der Waals surface area contributed by atoms with Crippen molar-refractivity contribution in [1.82, 2.24) is 0 Å². The van der Waals surface area contributed by atoms with Crippen LogP contribution in [0.3, 0.4) is 0 Å². The maximum atomic E-state index is 4.58. The Kier molecular flexibility index (Phi) is 3.22. The summed E-state index contributed by atoms with van der Waals surface area (Å²) in [5.74, 6) is 0. The Bertz CT molecular complexity index is 477. The second-order valence-corrected chi connectivity index (χ2v) is 9.36. The van der Waals surface area contributed by atoms with Gasteiger partial charge in [0, 0.05) is 4.90 Å². The number of thiol groups is 1. The van der Waals surface area contributed by atoms with E-state index in [4.69, 9.17) is 0 Å². The molecule has 0 heterocycles. The second kappa shape index (κ2) is 4.48. The Morgan fingerprint density at radius 1 is 0.812 bits per heavy atom. The monoisotopic (exact) mass is 244 g/mol. The van der Waals surface area contributed by atoms with Crippen molar-refractivity contribution in [3.63, 3.8) is 0 Å². The first-order valence-corrected chi connectivity index (χ1v) is 8.91. The van der Waals surface area contributed by atoms with E-state index < -0.39 is 8.07 Å². The highest BCUT2D eigenvalue weighted by atomic mass is 32.1. The van der Waals surface area contributed by atoms with Gasteiger partial charge in [0.1, 0.15) is 8.07 Å². The molecule has 0 aliphatic carbocycles. The Labute approximate surface area is 104 Å². The zero-order valence-electron chi connectivity index (χ0n) is 9.64. The van der Waals surface area contributed by atoms with Crippen LogP contribution in [0.25, 0.3) is 0 Å². The van der Waals surface area contributed by atoms with Crippen LogP contribution < -0.4 is 10.4 Å². The van der Waals surface area contributed by atoms with Crippen molar-refractivity contribution in [3.05, 3.63) is 54.6 Å². The van der Waals surface area contributed by atoms with E-state index in [1.54, 1.807) is 0 Å². The van der Waals surface area contributed by atoms with Crippen LogP contribution in [0, 0.1) is 0 Å². The SMILES string of the molecule is C[Si](C)(c1ccccc1)c1ccccc1S. The molecular formula is C14H16SSi. The molecule has 0 bridgehead atoms. The summed E-state index contributed by atoms with van der Waals surface area (Å²) in [6.45, 7) is 4.74. The minimum Gasteiger partial charge on any atom is -0.144 e. The van der Waals surface area contributed by atoms with E-state index >= 15 is 0 Å². The quantitative estimate of drug-likeness (QED) is 0.609. The van der Waals surface area contributed by atoms with Gasteiger partial charge in [0.15, 0.2) is 0 Å². The molecule has 2 aromatic carbocycles. The van der Waals surface area contributed by atoms with Gasteiger partial charge in [-0.05, 0) is 11.3 Å². The molecule has 0 atom stereocenters. The van der Waals surface area contributed by atoms with Gasteiger partial charge in [0.25, 0.3) is 0 Å². The van der Waals surface area contributed by atoms with E-state index in [0.29, 0.717) is 0 Å². The van der Waals surface area contributed by atoms with Gasteiger partial charge < -0.3 is 0 Å². The molecule has 0 aromatic heterocycles. The van der Waals surface area contributed by atoms with Crippen molar-refractivity contribution in [2.24, 2.45) is 0 Å². The molecule has 82 valence electrons. The van der Waals surface area contributed by atoms with E-state index in [9.17, 15) is 0 Å². The molecule has 16 heavy (non-hydrogen) atoms. The van der Waals surface area contributed by atoms with Crippen LogP contribution in [0.5, 0.6) is 0 Å². The molecule has 0 saturated carbocycles. The lowest BCUT2D eigenvalue weighted by Crippen LogP contribution is -2.53. The van der Waals surface area contributed by atoms with Crippen molar-refractivity contribution in [3.8, 4) is 0 Å². The summed E-state index contributed by atoms with van der Waals surface area (Å²) in [5.41, 5.74) is 0. The third kappa shape index (κ3) is 2.08. The summed E-state index contributed by atoms with van der Waals surface area (Å²) >= 11 is 4.58. The van der Waals surface area contributed by atoms with Crippen LogP contribution in [-0.4, -0.2) is 8.07 Å². The standard InChI is InChI=1S/C14H16SSi/c1-16(2,12-8-4-3-5-9-12)14-11-7-6-10-13(14)15/h3-11,15H,1-2H3. The Hall–Kier alpha value is -0.993. The first-order chi connectivity index (χ1) is 7.62. The summed E-state index contributed by atoms with van der Waals surface area (Å²) in [7, 11) is -1.58. The highest BCUT2D eigenvalue weighted by molar-refractivity contribution is 7.80.